The lowest BCUT2D eigenvalue weighted by Crippen LogP contribution is -2.31. The minimum absolute atomic E-state index is 0.0798. The Morgan fingerprint density at radius 3 is 2.30 bits per heavy atom. The third-order valence-corrected chi connectivity index (χ3v) is 6.65. The number of hydrogen-bond acceptors (Lipinski definition) is 5. The van der Waals surface area contributed by atoms with E-state index in [-0.39, 0.29) is 10.6 Å². The van der Waals surface area contributed by atoms with Crippen LogP contribution in [0.1, 0.15) is 27.7 Å². The van der Waals surface area contributed by atoms with Crippen molar-refractivity contribution in [1.29, 1.82) is 0 Å². The van der Waals surface area contributed by atoms with Crippen LogP contribution in [0.2, 0.25) is 5.02 Å². The van der Waals surface area contributed by atoms with Gasteiger partial charge in [0.15, 0.2) is 6.10 Å². The highest BCUT2D eigenvalue weighted by atomic mass is 35.5. The van der Waals surface area contributed by atoms with Gasteiger partial charge in [-0.3, -0.25) is 4.79 Å². The fourth-order valence-corrected chi connectivity index (χ4v) is 4.38. The van der Waals surface area contributed by atoms with E-state index in [1.807, 2.05) is 0 Å². The quantitative estimate of drug-likeness (QED) is 0.582. The molecule has 0 bridgehead atoms. The lowest BCUT2D eigenvalue weighted by atomic mass is 10.2. The Balaban J connectivity index is 2.27. The molecule has 0 aliphatic heterocycles. The number of nitrogens with zero attached hydrogens (tertiary/aromatic N) is 1. The Labute approximate surface area is 183 Å². The molecule has 2 aromatic carbocycles. The number of rotatable bonds is 10. The first-order chi connectivity index (χ1) is 14.2. The van der Waals surface area contributed by atoms with Crippen molar-refractivity contribution in [3.05, 3.63) is 47.5 Å². The first kappa shape index (κ1) is 24.0. The highest BCUT2D eigenvalue weighted by molar-refractivity contribution is 7.89. The zero-order chi connectivity index (χ0) is 22.3. The third kappa shape index (κ3) is 5.87. The van der Waals surface area contributed by atoms with Gasteiger partial charge in [0.2, 0.25) is 10.0 Å². The molecule has 0 spiro atoms. The summed E-state index contributed by atoms with van der Waals surface area (Å²) in [6.45, 7) is 8.00. The molecule has 2 aromatic rings. The van der Waals surface area contributed by atoms with Crippen LogP contribution in [0.4, 0.5) is 5.69 Å². The van der Waals surface area contributed by atoms with Crippen molar-refractivity contribution in [3.8, 4) is 11.5 Å². The number of carbonyl (C=O) groups is 1. The van der Waals surface area contributed by atoms with Gasteiger partial charge in [-0.25, -0.2) is 8.42 Å². The van der Waals surface area contributed by atoms with Gasteiger partial charge in [-0.15, -0.1) is 0 Å². The average molecular weight is 455 g/mol. The molecular weight excluding hydrogens is 428 g/mol. The van der Waals surface area contributed by atoms with Crippen molar-refractivity contribution < 1.29 is 22.7 Å². The van der Waals surface area contributed by atoms with E-state index in [9.17, 15) is 13.2 Å². The Hall–Kier alpha value is -2.29. The summed E-state index contributed by atoms with van der Waals surface area (Å²) >= 11 is 5.86. The third-order valence-electron chi connectivity index (χ3n) is 4.35. The largest absolute Gasteiger partial charge is 0.492 e. The lowest BCUT2D eigenvalue weighted by Gasteiger charge is -2.20. The van der Waals surface area contributed by atoms with Gasteiger partial charge in [0, 0.05) is 18.1 Å². The maximum Gasteiger partial charge on any atom is 0.265 e. The number of anilines is 1. The van der Waals surface area contributed by atoms with Gasteiger partial charge in [0.05, 0.1) is 17.2 Å². The van der Waals surface area contributed by atoms with Crippen molar-refractivity contribution in [2.24, 2.45) is 0 Å². The molecule has 1 unspecified atom stereocenters. The van der Waals surface area contributed by atoms with Gasteiger partial charge < -0.3 is 14.8 Å². The number of halogens is 1. The minimum atomic E-state index is -3.68. The van der Waals surface area contributed by atoms with Crippen LogP contribution >= 0.6 is 11.6 Å². The van der Waals surface area contributed by atoms with Crippen molar-refractivity contribution in [1.82, 2.24) is 4.31 Å². The highest BCUT2D eigenvalue weighted by Gasteiger charge is 2.24. The molecule has 1 atom stereocenters. The maximum atomic E-state index is 12.8. The number of benzene rings is 2. The second-order valence-corrected chi connectivity index (χ2v) is 8.76. The van der Waals surface area contributed by atoms with Gasteiger partial charge in [-0.05, 0) is 56.3 Å². The van der Waals surface area contributed by atoms with Crippen LogP contribution in [0, 0.1) is 0 Å². The number of amides is 1. The molecule has 0 heterocycles. The van der Waals surface area contributed by atoms with E-state index in [4.69, 9.17) is 21.1 Å². The summed E-state index contributed by atoms with van der Waals surface area (Å²) in [4.78, 5) is 12.7. The van der Waals surface area contributed by atoms with Crippen LogP contribution in [0.5, 0.6) is 11.5 Å². The molecule has 0 aromatic heterocycles. The predicted octanol–water partition coefficient (Wildman–Crippen LogP) is 4.18. The van der Waals surface area contributed by atoms with Crippen LogP contribution < -0.4 is 14.8 Å². The van der Waals surface area contributed by atoms with Crippen molar-refractivity contribution in [2.45, 2.75) is 38.7 Å². The molecule has 0 saturated carbocycles. The molecule has 1 N–H and O–H groups in total. The SMILES string of the molecule is CCOc1ccc(S(=O)(=O)N(CC)CC)cc1NC(=O)C(C)Oc1ccc(Cl)cc1. The zero-order valence-corrected chi connectivity index (χ0v) is 19.1. The van der Waals surface area contributed by atoms with Crippen LogP contribution in [0.15, 0.2) is 47.4 Å². The second-order valence-electron chi connectivity index (χ2n) is 6.38. The van der Waals surface area contributed by atoms with Crippen molar-refractivity contribution in [2.75, 3.05) is 25.0 Å². The van der Waals surface area contributed by atoms with E-state index < -0.39 is 22.0 Å². The lowest BCUT2D eigenvalue weighted by molar-refractivity contribution is -0.122. The van der Waals surface area contributed by atoms with Gasteiger partial charge in [-0.1, -0.05) is 25.4 Å². The molecule has 0 aliphatic rings. The molecule has 2 rings (SSSR count). The van der Waals surface area contributed by atoms with E-state index >= 15 is 0 Å². The molecule has 164 valence electrons. The Morgan fingerprint density at radius 2 is 1.73 bits per heavy atom. The molecule has 7 nitrogen and oxygen atoms in total. The number of nitrogens with one attached hydrogen (secondary N) is 1. The summed E-state index contributed by atoms with van der Waals surface area (Å²) in [5.41, 5.74) is 0.265. The fourth-order valence-electron chi connectivity index (χ4n) is 2.77. The smallest absolute Gasteiger partial charge is 0.265 e. The number of ether oxygens (including phenoxy) is 2. The Kier molecular flexibility index (Phi) is 8.52. The van der Waals surface area contributed by atoms with E-state index in [1.54, 1.807) is 58.0 Å². The summed E-state index contributed by atoms with van der Waals surface area (Å²) < 4.78 is 38.2. The van der Waals surface area contributed by atoms with Crippen LogP contribution in [0.25, 0.3) is 0 Å². The van der Waals surface area contributed by atoms with E-state index in [2.05, 4.69) is 5.32 Å². The molecule has 0 radical (unpaired) electrons. The first-order valence-corrected chi connectivity index (χ1v) is 11.5. The molecule has 0 saturated heterocycles. The van der Waals surface area contributed by atoms with Crippen molar-refractivity contribution >= 4 is 33.2 Å². The van der Waals surface area contributed by atoms with Gasteiger partial charge >= 0.3 is 0 Å². The Bertz CT molecular complexity index is 960. The van der Waals surface area contributed by atoms with Gasteiger partial charge in [0.1, 0.15) is 11.5 Å². The van der Waals surface area contributed by atoms with Crippen LogP contribution in [0.3, 0.4) is 0 Å². The summed E-state index contributed by atoms with van der Waals surface area (Å²) in [7, 11) is -3.68. The summed E-state index contributed by atoms with van der Waals surface area (Å²) in [5.74, 6) is 0.427. The molecule has 0 aliphatic carbocycles. The summed E-state index contributed by atoms with van der Waals surface area (Å²) in [6, 6.07) is 11.1. The first-order valence-electron chi connectivity index (χ1n) is 9.72. The molecule has 9 heteroatoms. The maximum absolute atomic E-state index is 12.8. The van der Waals surface area contributed by atoms with E-state index in [0.29, 0.717) is 36.2 Å². The molecular formula is C21H27ClN2O5S. The normalized spacial score (nSPS) is 12.5. The average Bonchev–Trinajstić information content (AvgIpc) is 2.71. The van der Waals surface area contributed by atoms with Crippen LogP contribution in [-0.2, 0) is 14.8 Å². The molecule has 0 fully saturated rings. The zero-order valence-electron chi connectivity index (χ0n) is 17.5. The summed E-state index contributed by atoms with van der Waals surface area (Å²) in [5, 5.41) is 3.28. The standard InChI is InChI=1S/C21H27ClN2O5S/c1-5-24(6-2)30(26,27)18-12-13-20(28-7-3)19(14-18)23-21(25)15(4)29-17-10-8-16(22)9-11-17/h8-15H,5-7H2,1-4H3,(H,23,25). The van der Waals surface area contributed by atoms with Crippen molar-refractivity contribution in [3.63, 3.8) is 0 Å². The van der Waals surface area contributed by atoms with E-state index in [0.717, 1.165) is 0 Å². The minimum Gasteiger partial charge on any atom is -0.492 e. The Morgan fingerprint density at radius 1 is 1.10 bits per heavy atom. The highest BCUT2D eigenvalue weighted by Crippen LogP contribution is 2.29. The summed E-state index contributed by atoms with van der Waals surface area (Å²) in [6.07, 6.45) is -0.830. The predicted molar refractivity (Wildman–Crippen MR) is 118 cm³/mol. The molecule has 30 heavy (non-hydrogen) atoms. The van der Waals surface area contributed by atoms with E-state index in [1.165, 1.54) is 16.4 Å². The number of carbonyl (C=O) groups excluding carboxylic acids is 1. The van der Waals surface area contributed by atoms with Gasteiger partial charge in [0.25, 0.3) is 5.91 Å². The second kappa shape index (κ2) is 10.7. The number of hydrogen-bond donors (Lipinski definition) is 1. The monoisotopic (exact) mass is 454 g/mol. The van der Waals surface area contributed by atoms with Crippen LogP contribution in [-0.4, -0.2) is 44.4 Å². The fraction of sp³-hybridized carbons (Fsp3) is 0.381. The topological polar surface area (TPSA) is 84.9 Å². The van der Waals surface area contributed by atoms with Gasteiger partial charge in [-0.2, -0.15) is 4.31 Å². The number of sulfonamides is 1. The molecule has 1 amide bonds.